The predicted octanol–water partition coefficient (Wildman–Crippen LogP) is 0.716. The largest absolute Gasteiger partial charge is 0.485 e. The third-order valence-electron chi connectivity index (χ3n) is 6.12. The first kappa shape index (κ1) is 19.1. The van der Waals surface area contributed by atoms with Crippen LogP contribution in [0.3, 0.4) is 0 Å². The fraction of sp³-hybridized carbons (Fsp3) is 0.500. The highest BCUT2D eigenvalue weighted by Crippen LogP contribution is 2.31. The van der Waals surface area contributed by atoms with Gasteiger partial charge in [-0.2, -0.15) is 5.10 Å². The summed E-state index contributed by atoms with van der Waals surface area (Å²) in [5.41, 5.74) is 2.17. The van der Waals surface area contributed by atoms with Crippen molar-refractivity contribution in [1.82, 2.24) is 19.6 Å². The van der Waals surface area contributed by atoms with Gasteiger partial charge in [0.15, 0.2) is 11.5 Å². The van der Waals surface area contributed by atoms with E-state index in [9.17, 15) is 9.59 Å². The fourth-order valence-electron chi connectivity index (χ4n) is 4.37. The molecule has 1 amide bonds. The van der Waals surface area contributed by atoms with Gasteiger partial charge in [-0.05, 0) is 37.0 Å². The van der Waals surface area contributed by atoms with Crippen LogP contribution < -0.4 is 15.0 Å². The Morgan fingerprint density at radius 2 is 1.87 bits per heavy atom. The van der Waals surface area contributed by atoms with Crippen LogP contribution in [0.15, 0.2) is 35.1 Å². The number of aromatic nitrogens is 2. The van der Waals surface area contributed by atoms with Gasteiger partial charge in [0.2, 0.25) is 6.10 Å². The van der Waals surface area contributed by atoms with Crippen molar-refractivity contribution in [3.63, 3.8) is 0 Å². The third kappa shape index (κ3) is 3.79. The Hall–Kier alpha value is -2.87. The maximum absolute atomic E-state index is 12.8. The number of benzene rings is 1. The van der Waals surface area contributed by atoms with E-state index in [0.29, 0.717) is 31.1 Å². The number of amides is 1. The lowest BCUT2D eigenvalue weighted by atomic mass is 10.2. The first-order valence-electron chi connectivity index (χ1n) is 10.7. The van der Waals surface area contributed by atoms with Gasteiger partial charge in [0.25, 0.3) is 11.5 Å². The van der Waals surface area contributed by atoms with E-state index in [2.05, 4.69) is 10.00 Å². The van der Waals surface area contributed by atoms with E-state index in [4.69, 9.17) is 9.47 Å². The third-order valence-corrected chi connectivity index (χ3v) is 6.12. The molecule has 30 heavy (non-hydrogen) atoms. The summed E-state index contributed by atoms with van der Waals surface area (Å²) in [6, 6.07) is 9.17. The number of hydrogen-bond acceptors (Lipinski definition) is 6. The lowest BCUT2D eigenvalue weighted by Crippen LogP contribution is -2.54. The Labute approximate surface area is 175 Å². The summed E-state index contributed by atoms with van der Waals surface area (Å²) in [5.74, 6) is 1.27. The normalized spacial score (nSPS) is 20.8. The highest BCUT2D eigenvalue weighted by molar-refractivity contribution is 5.82. The van der Waals surface area contributed by atoms with Crippen LogP contribution in [0.1, 0.15) is 17.7 Å². The standard InChI is InChI=1S/C22H26N4O4/c27-21-14-16-4-3-5-17(16)23-26(21)13-10-24-8-11-25(12-9-24)22(28)20-15-29-18-6-1-2-7-19(18)30-20/h1-2,6-7,14,20H,3-5,8-13,15H2. The molecule has 3 aliphatic rings. The first-order chi connectivity index (χ1) is 14.7. The number of carbonyl (C=O) groups excluding carboxylic acids is 1. The molecule has 158 valence electrons. The molecule has 0 radical (unpaired) electrons. The van der Waals surface area contributed by atoms with E-state index in [0.717, 1.165) is 50.2 Å². The van der Waals surface area contributed by atoms with Crippen LogP contribution in [0.4, 0.5) is 0 Å². The summed E-state index contributed by atoms with van der Waals surface area (Å²) >= 11 is 0. The minimum Gasteiger partial charge on any atom is -0.485 e. The molecule has 0 saturated carbocycles. The average molecular weight is 410 g/mol. The summed E-state index contributed by atoms with van der Waals surface area (Å²) in [5, 5.41) is 4.54. The monoisotopic (exact) mass is 410 g/mol. The first-order valence-corrected chi connectivity index (χ1v) is 10.7. The second-order valence-electron chi connectivity index (χ2n) is 8.06. The lowest BCUT2D eigenvalue weighted by molar-refractivity contribution is -0.143. The van der Waals surface area contributed by atoms with Gasteiger partial charge in [0.1, 0.15) is 6.61 Å². The molecule has 8 heteroatoms. The molecule has 1 unspecified atom stereocenters. The minimum atomic E-state index is -0.597. The highest BCUT2D eigenvalue weighted by atomic mass is 16.6. The molecule has 2 aromatic rings. The zero-order valence-electron chi connectivity index (χ0n) is 17.0. The van der Waals surface area contributed by atoms with Crippen LogP contribution in [0.5, 0.6) is 11.5 Å². The number of para-hydroxylation sites is 2. The molecule has 0 N–H and O–H groups in total. The number of piperazine rings is 1. The van der Waals surface area contributed by atoms with Gasteiger partial charge >= 0.3 is 0 Å². The van der Waals surface area contributed by atoms with Gasteiger partial charge in [0.05, 0.1) is 12.2 Å². The topological polar surface area (TPSA) is 76.9 Å². The van der Waals surface area contributed by atoms with Crippen LogP contribution in [0.2, 0.25) is 0 Å². The lowest BCUT2D eigenvalue weighted by Gasteiger charge is -2.37. The van der Waals surface area contributed by atoms with Crippen LogP contribution in [0, 0.1) is 0 Å². The predicted molar refractivity (Wildman–Crippen MR) is 110 cm³/mol. The van der Waals surface area contributed by atoms with Gasteiger partial charge in [-0.15, -0.1) is 0 Å². The summed E-state index contributed by atoms with van der Waals surface area (Å²) in [6.07, 6.45) is 2.42. The Kier molecular flexibility index (Phi) is 5.16. The summed E-state index contributed by atoms with van der Waals surface area (Å²) < 4.78 is 13.1. The Morgan fingerprint density at radius 3 is 2.70 bits per heavy atom. The van der Waals surface area contributed by atoms with Crippen molar-refractivity contribution in [3.8, 4) is 11.5 Å². The number of fused-ring (bicyclic) bond motifs is 2. The van der Waals surface area contributed by atoms with E-state index < -0.39 is 6.10 Å². The molecule has 0 bridgehead atoms. The van der Waals surface area contributed by atoms with Crippen LogP contribution in [-0.4, -0.2) is 70.9 Å². The molecule has 1 aromatic heterocycles. The molecule has 8 nitrogen and oxygen atoms in total. The van der Waals surface area contributed by atoms with E-state index in [1.807, 2.05) is 29.2 Å². The molecule has 1 fully saturated rings. The van der Waals surface area contributed by atoms with E-state index in [1.165, 1.54) is 0 Å². The molecule has 1 aliphatic carbocycles. The van der Waals surface area contributed by atoms with Crippen LogP contribution in [-0.2, 0) is 24.2 Å². The molecule has 1 saturated heterocycles. The molecule has 2 aliphatic heterocycles. The Balaban J connectivity index is 1.13. The van der Waals surface area contributed by atoms with Crippen molar-refractivity contribution in [2.45, 2.75) is 31.9 Å². The smallest absolute Gasteiger partial charge is 0.267 e. The van der Waals surface area contributed by atoms with Crippen molar-refractivity contribution in [3.05, 3.63) is 51.9 Å². The van der Waals surface area contributed by atoms with Gasteiger partial charge < -0.3 is 14.4 Å². The number of rotatable bonds is 4. The van der Waals surface area contributed by atoms with Crippen LogP contribution >= 0.6 is 0 Å². The van der Waals surface area contributed by atoms with Crippen molar-refractivity contribution >= 4 is 5.91 Å². The maximum Gasteiger partial charge on any atom is 0.267 e. The number of aryl methyl sites for hydroxylation is 2. The summed E-state index contributed by atoms with van der Waals surface area (Å²) in [4.78, 5) is 29.2. The Bertz CT molecular complexity index is 997. The van der Waals surface area contributed by atoms with Crippen molar-refractivity contribution in [2.75, 3.05) is 39.3 Å². The quantitative estimate of drug-likeness (QED) is 0.739. The van der Waals surface area contributed by atoms with Crippen molar-refractivity contribution < 1.29 is 14.3 Å². The second-order valence-corrected chi connectivity index (χ2v) is 8.06. The molecular weight excluding hydrogens is 384 g/mol. The Morgan fingerprint density at radius 1 is 1.07 bits per heavy atom. The van der Waals surface area contributed by atoms with Crippen molar-refractivity contribution in [2.24, 2.45) is 0 Å². The molecule has 0 spiro atoms. The minimum absolute atomic E-state index is 0.0146. The van der Waals surface area contributed by atoms with Gasteiger partial charge in [-0.3, -0.25) is 14.5 Å². The molecular formula is C22H26N4O4. The number of ether oxygens (including phenoxy) is 2. The molecule has 3 heterocycles. The SMILES string of the molecule is O=C(C1COc2ccccc2O1)N1CCN(CCn2nc3c(cc2=O)CCC3)CC1. The number of hydrogen-bond donors (Lipinski definition) is 0. The van der Waals surface area contributed by atoms with Gasteiger partial charge in [-0.1, -0.05) is 12.1 Å². The van der Waals surface area contributed by atoms with Gasteiger partial charge in [-0.25, -0.2) is 4.68 Å². The number of carbonyl (C=O) groups is 1. The average Bonchev–Trinajstić information content (AvgIpc) is 3.24. The molecule has 1 aromatic carbocycles. The van der Waals surface area contributed by atoms with E-state index in [1.54, 1.807) is 10.7 Å². The van der Waals surface area contributed by atoms with E-state index in [-0.39, 0.29) is 18.1 Å². The second kappa shape index (κ2) is 8.10. The van der Waals surface area contributed by atoms with Crippen molar-refractivity contribution in [1.29, 1.82) is 0 Å². The zero-order valence-corrected chi connectivity index (χ0v) is 17.0. The fourth-order valence-corrected chi connectivity index (χ4v) is 4.37. The highest BCUT2D eigenvalue weighted by Gasteiger charge is 2.32. The maximum atomic E-state index is 12.8. The summed E-state index contributed by atoms with van der Waals surface area (Å²) in [7, 11) is 0. The number of nitrogens with zero attached hydrogens (tertiary/aromatic N) is 4. The zero-order chi connectivity index (χ0) is 20.5. The van der Waals surface area contributed by atoms with E-state index >= 15 is 0 Å². The van der Waals surface area contributed by atoms with Gasteiger partial charge in [0, 0.05) is 38.8 Å². The molecule has 5 rings (SSSR count). The summed E-state index contributed by atoms with van der Waals surface area (Å²) in [6.45, 7) is 4.41. The van der Waals surface area contributed by atoms with Crippen LogP contribution in [0.25, 0.3) is 0 Å². The molecule has 1 atom stereocenters.